The third-order valence-corrected chi connectivity index (χ3v) is 4.64. The van der Waals surface area contributed by atoms with Gasteiger partial charge >= 0.3 is 14.4 Å². The van der Waals surface area contributed by atoms with Gasteiger partial charge in [0.25, 0.3) is 0 Å². The van der Waals surface area contributed by atoms with E-state index >= 15 is 0 Å². The van der Waals surface area contributed by atoms with Gasteiger partial charge in [-0.3, -0.25) is 0 Å². The first-order valence-corrected chi connectivity index (χ1v) is 9.92. The van der Waals surface area contributed by atoms with Crippen LogP contribution in [0.1, 0.15) is 0 Å². The van der Waals surface area contributed by atoms with Crippen molar-refractivity contribution in [2.45, 2.75) is 0 Å². The Balaban J connectivity index is 1.77. The smallest absolute Gasteiger partial charge is 0.446 e. The molecule has 0 saturated carbocycles. The Morgan fingerprint density at radius 3 is 2.30 bits per heavy atom. The van der Waals surface area contributed by atoms with Gasteiger partial charge < -0.3 is 4.74 Å². The molecule has 0 fully saturated rings. The highest BCUT2D eigenvalue weighted by Crippen LogP contribution is 2.32. The van der Waals surface area contributed by atoms with Crippen molar-refractivity contribution in [2.75, 3.05) is 6.35 Å². The van der Waals surface area contributed by atoms with E-state index in [1.165, 1.54) is 0 Å². The molecule has 1 heterocycles. The maximum Gasteiger partial charge on any atom is 0.547 e. The van der Waals surface area contributed by atoms with Crippen LogP contribution in [-0.4, -0.2) is 16.2 Å². The molecule has 1 N–H and O–H groups in total. The first kappa shape index (κ1) is 17.3. The number of fused-ring (bicyclic) bond motifs is 1. The van der Waals surface area contributed by atoms with Crippen LogP contribution in [0.4, 0.5) is 0 Å². The summed E-state index contributed by atoms with van der Waals surface area (Å²) < 4.78 is 16.0. The summed E-state index contributed by atoms with van der Waals surface area (Å²) in [7, 11) is -2.31. The summed E-state index contributed by atoms with van der Waals surface area (Å²) in [5.41, 5.74) is 5.04. The van der Waals surface area contributed by atoms with E-state index in [0.717, 1.165) is 33.3 Å². The van der Waals surface area contributed by atoms with Gasteiger partial charge in [-0.05, 0) is 52.1 Å². The summed E-state index contributed by atoms with van der Waals surface area (Å²) >= 11 is 0. The van der Waals surface area contributed by atoms with Crippen LogP contribution in [0.2, 0.25) is 0 Å². The lowest BCUT2D eigenvalue weighted by Crippen LogP contribution is -1.93. The summed E-state index contributed by atoms with van der Waals surface area (Å²) in [5, 5.41) is 1.11. The van der Waals surface area contributed by atoms with Crippen LogP contribution in [0.3, 0.4) is 0 Å². The van der Waals surface area contributed by atoms with Crippen molar-refractivity contribution in [3.05, 3.63) is 84.9 Å². The summed E-state index contributed by atoms with van der Waals surface area (Å²) in [4.78, 5) is 13.7. The number of aromatic nitrogens is 1. The van der Waals surface area contributed by atoms with Gasteiger partial charge in [0, 0.05) is 10.9 Å². The van der Waals surface area contributed by atoms with Gasteiger partial charge in [-0.25, -0.2) is 4.98 Å². The van der Waals surface area contributed by atoms with E-state index in [2.05, 4.69) is 24.3 Å². The summed E-state index contributed by atoms with van der Waals surface area (Å²) in [6.45, 7) is 0. The standard InChI is InChI=1S/C22H16NO3P/c24-27(25)15-26-18-12-10-17(11-13-18)22-14-20(16-6-2-1-3-7-16)19-8-4-5-9-21(19)23-22/h1-14H,15H2/p+1. The second-order valence-electron chi connectivity index (χ2n) is 6.09. The lowest BCUT2D eigenvalue weighted by atomic mass is 9.98. The van der Waals surface area contributed by atoms with Crippen molar-refractivity contribution in [1.82, 2.24) is 4.98 Å². The predicted molar refractivity (Wildman–Crippen MR) is 108 cm³/mol. The second-order valence-corrected chi connectivity index (χ2v) is 7.05. The normalized spacial score (nSPS) is 11.4. The molecule has 3 aromatic carbocycles. The van der Waals surface area contributed by atoms with Crippen LogP contribution in [0.25, 0.3) is 33.3 Å². The largest absolute Gasteiger partial charge is 0.547 e. The van der Waals surface area contributed by atoms with Crippen LogP contribution in [0.5, 0.6) is 5.75 Å². The number of hydrogen-bond donors (Lipinski definition) is 1. The van der Waals surface area contributed by atoms with E-state index in [9.17, 15) is 4.57 Å². The zero-order valence-electron chi connectivity index (χ0n) is 14.4. The van der Waals surface area contributed by atoms with E-state index in [4.69, 9.17) is 14.6 Å². The van der Waals surface area contributed by atoms with Gasteiger partial charge in [-0.1, -0.05) is 48.5 Å². The SMILES string of the molecule is O=[P+](O)COc1ccc(-c2cc(-c3ccccc3)c3ccccc3n2)cc1. The van der Waals surface area contributed by atoms with Crippen molar-refractivity contribution in [2.24, 2.45) is 0 Å². The lowest BCUT2D eigenvalue weighted by molar-refractivity contribution is 0.360. The number of hydrogen-bond acceptors (Lipinski definition) is 3. The Hall–Kier alpha value is -3.07. The van der Waals surface area contributed by atoms with Crippen molar-refractivity contribution in [3.63, 3.8) is 0 Å². The van der Waals surface area contributed by atoms with Crippen molar-refractivity contribution in [1.29, 1.82) is 0 Å². The molecule has 27 heavy (non-hydrogen) atoms. The summed E-state index contributed by atoms with van der Waals surface area (Å²) in [6, 6.07) is 27.8. The molecule has 0 spiro atoms. The van der Waals surface area contributed by atoms with Crippen molar-refractivity contribution >= 4 is 18.9 Å². The molecule has 4 nitrogen and oxygen atoms in total. The van der Waals surface area contributed by atoms with Crippen LogP contribution in [0, 0.1) is 0 Å². The maximum atomic E-state index is 10.8. The van der Waals surface area contributed by atoms with Gasteiger partial charge in [0.1, 0.15) is 5.75 Å². The van der Waals surface area contributed by atoms with Gasteiger partial charge in [0.2, 0.25) is 0 Å². The fraction of sp³-hybridized carbons (Fsp3) is 0.0455. The van der Waals surface area contributed by atoms with Crippen LogP contribution in [-0.2, 0) is 4.57 Å². The fourth-order valence-corrected chi connectivity index (χ4v) is 3.29. The molecule has 0 aliphatic rings. The van der Waals surface area contributed by atoms with E-state index in [0.29, 0.717) is 5.75 Å². The van der Waals surface area contributed by atoms with Crippen LogP contribution < -0.4 is 4.74 Å². The molecule has 1 unspecified atom stereocenters. The molecule has 0 radical (unpaired) electrons. The molecule has 0 saturated heterocycles. The number of ether oxygens (including phenoxy) is 1. The first-order valence-electron chi connectivity index (χ1n) is 8.53. The fourth-order valence-electron chi connectivity index (χ4n) is 3.03. The minimum Gasteiger partial charge on any atom is -0.446 e. The maximum absolute atomic E-state index is 10.8. The summed E-state index contributed by atoms with van der Waals surface area (Å²) in [6.07, 6.45) is -0.207. The Labute approximate surface area is 158 Å². The number of pyridine rings is 1. The minimum atomic E-state index is -2.31. The summed E-state index contributed by atoms with van der Waals surface area (Å²) in [5.74, 6) is 0.556. The predicted octanol–water partition coefficient (Wildman–Crippen LogP) is 5.64. The van der Waals surface area contributed by atoms with Gasteiger partial charge in [-0.15, -0.1) is 0 Å². The highest BCUT2D eigenvalue weighted by molar-refractivity contribution is 7.37. The molecule has 5 heteroatoms. The molecule has 4 rings (SSSR count). The minimum absolute atomic E-state index is 0.207. The van der Waals surface area contributed by atoms with E-state index in [1.54, 1.807) is 12.1 Å². The average Bonchev–Trinajstić information content (AvgIpc) is 2.72. The van der Waals surface area contributed by atoms with Gasteiger partial charge in [0.05, 0.1) is 11.2 Å². The van der Waals surface area contributed by atoms with Crippen LogP contribution in [0.15, 0.2) is 84.9 Å². The molecule has 1 atom stereocenters. The highest BCUT2D eigenvalue weighted by atomic mass is 31.1. The second kappa shape index (κ2) is 7.67. The average molecular weight is 374 g/mol. The van der Waals surface area contributed by atoms with Crippen LogP contribution >= 0.6 is 8.03 Å². The Morgan fingerprint density at radius 2 is 1.56 bits per heavy atom. The van der Waals surface area contributed by atoms with E-state index < -0.39 is 8.03 Å². The Kier molecular flexibility index (Phi) is 4.93. The van der Waals surface area contributed by atoms with Gasteiger partial charge in [-0.2, -0.15) is 4.89 Å². The monoisotopic (exact) mass is 374 g/mol. The number of rotatable bonds is 5. The molecule has 1 aromatic heterocycles. The molecule has 0 aliphatic heterocycles. The molecule has 132 valence electrons. The third-order valence-electron chi connectivity index (χ3n) is 4.29. The first-order chi connectivity index (χ1) is 13.2. The van der Waals surface area contributed by atoms with E-state index in [1.807, 2.05) is 48.5 Å². The zero-order chi connectivity index (χ0) is 18.6. The molecule has 4 aromatic rings. The number of benzene rings is 3. The zero-order valence-corrected chi connectivity index (χ0v) is 15.3. The third kappa shape index (κ3) is 3.87. The van der Waals surface area contributed by atoms with Crippen molar-refractivity contribution < 1.29 is 14.2 Å². The molecule has 0 bridgehead atoms. The lowest BCUT2D eigenvalue weighted by Gasteiger charge is -2.10. The Bertz CT molecular complexity index is 1100. The van der Waals surface area contributed by atoms with E-state index in [-0.39, 0.29) is 6.35 Å². The Morgan fingerprint density at radius 1 is 0.852 bits per heavy atom. The molecule has 0 aliphatic carbocycles. The molecular weight excluding hydrogens is 357 g/mol. The molecule has 0 amide bonds. The highest BCUT2D eigenvalue weighted by Gasteiger charge is 2.12. The molecular formula is C22H17NO3P+. The van der Waals surface area contributed by atoms with Crippen molar-refractivity contribution in [3.8, 4) is 28.1 Å². The number of nitrogens with zero attached hydrogens (tertiary/aromatic N) is 1. The number of para-hydroxylation sites is 1. The quantitative estimate of drug-likeness (QED) is 0.459. The van der Waals surface area contributed by atoms with Gasteiger partial charge in [0.15, 0.2) is 0 Å². The topological polar surface area (TPSA) is 59.4 Å².